The number of hydrogen-bond donors (Lipinski definition) is 0. The van der Waals surface area contributed by atoms with Gasteiger partial charge in [-0.25, -0.2) is 4.79 Å². The Hall–Kier alpha value is -4.07. The molecular formula is C27H27N3O5. The zero-order chi connectivity index (χ0) is 24.4. The van der Waals surface area contributed by atoms with Crippen LogP contribution in [0.4, 0.5) is 10.5 Å². The first-order valence-electron chi connectivity index (χ1n) is 11.5. The van der Waals surface area contributed by atoms with Crippen molar-refractivity contribution in [1.29, 1.82) is 0 Å². The van der Waals surface area contributed by atoms with Gasteiger partial charge in [-0.3, -0.25) is 14.7 Å². The quantitative estimate of drug-likeness (QED) is 0.533. The molecule has 0 radical (unpaired) electrons. The van der Waals surface area contributed by atoms with Crippen molar-refractivity contribution in [2.75, 3.05) is 31.6 Å². The topological polar surface area (TPSA) is 81.2 Å². The van der Waals surface area contributed by atoms with Gasteiger partial charge in [0.05, 0.1) is 25.9 Å². The van der Waals surface area contributed by atoms with Crippen LogP contribution < -0.4 is 14.4 Å². The number of methoxy groups -OCH3 is 1. The normalized spacial score (nSPS) is 19.2. The van der Waals surface area contributed by atoms with Crippen LogP contribution in [0.15, 0.2) is 66.9 Å². The molecule has 2 aliphatic rings. The van der Waals surface area contributed by atoms with E-state index in [-0.39, 0.29) is 18.6 Å². The maximum absolute atomic E-state index is 13.3. The van der Waals surface area contributed by atoms with Crippen LogP contribution in [0.2, 0.25) is 0 Å². The van der Waals surface area contributed by atoms with E-state index < -0.39 is 5.60 Å². The first-order valence-corrected chi connectivity index (χ1v) is 11.5. The van der Waals surface area contributed by atoms with Crippen molar-refractivity contribution in [2.24, 2.45) is 0 Å². The Bertz CT molecular complexity index is 1230. The number of anilines is 1. The van der Waals surface area contributed by atoms with Gasteiger partial charge in [0.15, 0.2) is 17.1 Å². The Morgan fingerprint density at radius 1 is 1.09 bits per heavy atom. The maximum Gasteiger partial charge on any atom is 0.415 e. The molecule has 8 heteroatoms. The molecule has 0 unspecified atom stereocenters. The minimum absolute atomic E-state index is 0.142. The summed E-state index contributed by atoms with van der Waals surface area (Å²) in [4.78, 5) is 33.6. The van der Waals surface area contributed by atoms with Gasteiger partial charge in [0.2, 0.25) is 0 Å². The van der Waals surface area contributed by atoms with Crippen molar-refractivity contribution in [2.45, 2.75) is 25.6 Å². The van der Waals surface area contributed by atoms with E-state index in [9.17, 15) is 9.59 Å². The summed E-state index contributed by atoms with van der Waals surface area (Å²) in [6.07, 6.45) is 1.92. The molecule has 180 valence electrons. The molecular weight excluding hydrogens is 446 g/mol. The van der Waals surface area contributed by atoms with E-state index in [0.29, 0.717) is 43.1 Å². The fraction of sp³-hybridized carbons (Fsp3) is 0.296. The molecule has 3 heterocycles. The predicted molar refractivity (Wildman–Crippen MR) is 130 cm³/mol. The van der Waals surface area contributed by atoms with Crippen molar-refractivity contribution >= 4 is 17.7 Å². The third kappa shape index (κ3) is 4.64. The minimum atomic E-state index is -0.706. The third-order valence-corrected chi connectivity index (χ3v) is 6.43. The van der Waals surface area contributed by atoms with E-state index in [4.69, 9.17) is 14.2 Å². The SMILES string of the molecule is COc1ccc(C(=O)N2CC[C@@]3(C2)CN(c2ccc(C)cc2)C(=O)O3)cc1OCc1ccccn1. The maximum atomic E-state index is 13.3. The van der Waals surface area contributed by atoms with Crippen LogP contribution in [0.25, 0.3) is 0 Å². The molecule has 0 saturated carbocycles. The second kappa shape index (κ2) is 9.29. The molecule has 2 aliphatic heterocycles. The Balaban J connectivity index is 1.29. The van der Waals surface area contributed by atoms with Gasteiger partial charge in [-0.2, -0.15) is 0 Å². The molecule has 2 saturated heterocycles. The third-order valence-electron chi connectivity index (χ3n) is 6.43. The van der Waals surface area contributed by atoms with E-state index in [0.717, 1.165) is 16.9 Å². The molecule has 5 rings (SSSR count). The highest BCUT2D eigenvalue weighted by Gasteiger charge is 2.51. The van der Waals surface area contributed by atoms with Gasteiger partial charge >= 0.3 is 6.09 Å². The number of amides is 2. The van der Waals surface area contributed by atoms with Crippen LogP contribution >= 0.6 is 0 Å². The zero-order valence-electron chi connectivity index (χ0n) is 19.8. The van der Waals surface area contributed by atoms with Crippen molar-refractivity contribution < 1.29 is 23.8 Å². The number of nitrogens with zero attached hydrogens (tertiary/aromatic N) is 3. The number of aromatic nitrogens is 1. The van der Waals surface area contributed by atoms with Crippen LogP contribution in [0.3, 0.4) is 0 Å². The summed E-state index contributed by atoms with van der Waals surface area (Å²) >= 11 is 0. The molecule has 1 spiro atoms. The largest absolute Gasteiger partial charge is 0.493 e. The fourth-order valence-corrected chi connectivity index (χ4v) is 4.52. The first kappa shape index (κ1) is 22.7. The summed E-state index contributed by atoms with van der Waals surface area (Å²) in [5.41, 5.74) is 2.47. The van der Waals surface area contributed by atoms with E-state index in [1.807, 2.05) is 49.4 Å². The van der Waals surface area contributed by atoms with Crippen LogP contribution in [-0.4, -0.2) is 54.2 Å². The summed E-state index contributed by atoms with van der Waals surface area (Å²) < 4.78 is 17.1. The molecule has 0 aliphatic carbocycles. The van der Waals surface area contributed by atoms with Gasteiger partial charge in [-0.05, 0) is 49.4 Å². The highest BCUT2D eigenvalue weighted by atomic mass is 16.6. The van der Waals surface area contributed by atoms with E-state index in [1.165, 1.54) is 0 Å². The number of rotatable bonds is 6. The summed E-state index contributed by atoms with van der Waals surface area (Å²) in [6, 6.07) is 18.5. The first-order chi connectivity index (χ1) is 17.0. The summed E-state index contributed by atoms with van der Waals surface area (Å²) in [7, 11) is 1.56. The molecule has 0 N–H and O–H groups in total. The predicted octanol–water partition coefficient (Wildman–Crippen LogP) is 4.22. The lowest BCUT2D eigenvalue weighted by atomic mass is 10.0. The number of aryl methyl sites for hydroxylation is 1. The van der Waals surface area contributed by atoms with Gasteiger partial charge < -0.3 is 19.1 Å². The second-order valence-electron chi connectivity index (χ2n) is 8.92. The van der Waals surface area contributed by atoms with Crippen molar-refractivity contribution in [3.05, 3.63) is 83.7 Å². The second-order valence-corrected chi connectivity index (χ2v) is 8.92. The molecule has 8 nitrogen and oxygen atoms in total. The van der Waals surface area contributed by atoms with Crippen LogP contribution in [0.5, 0.6) is 11.5 Å². The van der Waals surface area contributed by atoms with Crippen molar-refractivity contribution in [3.63, 3.8) is 0 Å². The average molecular weight is 474 g/mol. The lowest BCUT2D eigenvalue weighted by molar-refractivity contribution is 0.0553. The minimum Gasteiger partial charge on any atom is -0.493 e. The number of likely N-dealkylation sites (tertiary alicyclic amines) is 1. The van der Waals surface area contributed by atoms with E-state index >= 15 is 0 Å². The number of carbonyl (C=O) groups excluding carboxylic acids is 2. The summed E-state index contributed by atoms with van der Waals surface area (Å²) in [5, 5.41) is 0. The number of pyridine rings is 1. The number of carbonyl (C=O) groups is 2. The van der Waals surface area contributed by atoms with Gasteiger partial charge in [-0.15, -0.1) is 0 Å². The Morgan fingerprint density at radius 2 is 1.91 bits per heavy atom. The molecule has 3 aromatic rings. The van der Waals surface area contributed by atoms with E-state index in [1.54, 1.807) is 41.3 Å². The molecule has 35 heavy (non-hydrogen) atoms. The highest BCUT2D eigenvalue weighted by Crippen LogP contribution is 2.36. The van der Waals surface area contributed by atoms with Crippen molar-refractivity contribution in [3.8, 4) is 11.5 Å². The lowest BCUT2D eigenvalue weighted by Gasteiger charge is -2.22. The number of hydrogen-bond acceptors (Lipinski definition) is 6. The Morgan fingerprint density at radius 3 is 2.66 bits per heavy atom. The summed E-state index contributed by atoms with van der Waals surface area (Å²) in [5.74, 6) is 0.863. The van der Waals surface area contributed by atoms with E-state index in [2.05, 4.69) is 4.98 Å². The highest BCUT2D eigenvalue weighted by molar-refractivity contribution is 5.96. The molecule has 0 bridgehead atoms. The van der Waals surface area contributed by atoms with Crippen LogP contribution in [0.1, 0.15) is 28.0 Å². The number of benzene rings is 2. The van der Waals surface area contributed by atoms with Crippen LogP contribution in [0, 0.1) is 6.92 Å². The monoisotopic (exact) mass is 473 g/mol. The standard InChI is InChI=1S/C27H27N3O5/c1-19-6-9-22(10-7-19)30-18-27(35-26(30)32)12-14-29(17-27)25(31)20-8-11-23(33-2)24(15-20)34-16-21-5-3-4-13-28-21/h3-11,13,15H,12,14,16-18H2,1-2H3/t27-/m1/s1. The molecule has 2 amide bonds. The van der Waals surface area contributed by atoms with Crippen LogP contribution in [-0.2, 0) is 11.3 Å². The fourth-order valence-electron chi connectivity index (χ4n) is 4.52. The Labute approximate surface area is 204 Å². The summed E-state index contributed by atoms with van der Waals surface area (Å²) in [6.45, 7) is 3.52. The van der Waals surface area contributed by atoms with Gasteiger partial charge in [0, 0.05) is 30.4 Å². The average Bonchev–Trinajstić information content (AvgIpc) is 3.45. The lowest BCUT2D eigenvalue weighted by Crippen LogP contribution is -2.39. The number of ether oxygens (including phenoxy) is 3. The van der Waals surface area contributed by atoms with Crippen molar-refractivity contribution in [1.82, 2.24) is 9.88 Å². The molecule has 1 aromatic heterocycles. The van der Waals surface area contributed by atoms with Gasteiger partial charge in [0.1, 0.15) is 6.61 Å². The van der Waals surface area contributed by atoms with Gasteiger partial charge in [-0.1, -0.05) is 23.8 Å². The molecule has 2 aromatic carbocycles. The zero-order valence-corrected chi connectivity index (χ0v) is 19.8. The molecule has 1 atom stereocenters. The van der Waals surface area contributed by atoms with Gasteiger partial charge in [0.25, 0.3) is 5.91 Å². The smallest absolute Gasteiger partial charge is 0.415 e. The molecule has 2 fully saturated rings. The Kier molecular flexibility index (Phi) is 6.03.